The number of amides is 1. The van der Waals surface area contributed by atoms with Gasteiger partial charge in [0, 0.05) is 18.6 Å². The highest BCUT2D eigenvalue weighted by Gasteiger charge is 2.36. The molecule has 1 aromatic carbocycles. The molecule has 0 radical (unpaired) electrons. The Morgan fingerprint density at radius 1 is 1.30 bits per heavy atom. The van der Waals surface area contributed by atoms with E-state index in [9.17, 15) is 9.18 Å². The Labute approximate surface area is 126 Å². The summed E-state index contributed by atoms with van der Waals surface area (Å²) in [5, 5.41) is 3.02. The van der Waals surface area contributed by atoms with Crippen molar-refractivity contribution in [1.82, 2.24) is 10.2 Å². The first-order valence-electron chi connectivity index (χ1n) is 7.16. The van der Waals surface area contributed by atoms with Crippen LogP contribution >= 0.6 is 15.9 Å². The molecule has 0 spiro atoms. The van der Waals surface area contributed by atoms with Gasteiger partial charge in [-0.25, -0.2) is 4.39 Å². The SMILES string of the molecule is O=C(NC1CCN2CCCCC12)c1cccc(Br)c1F. The van der Waals surface area contributed by atoms with Crippen LogP contribution in [0.2, 0.25) is 0 Å². The molecule has 3 rings (SSSR count). The number of halogens is 2. The Kier molecular flexibility index (Phi) is 4.08. The number of nitrogens with zero attached hydrogens (tertiary/aromatic N) is 1. The van der Waals surface area contributed by atoms with E-state index in [0.29, 0.717) is 10.5 Å². The van der Waals surface area contributed by atoms with E-state index < -0.39 is 5.82 Å². The molecule has 108 valence electrons. The topological polar surface area (TPSA) is 32.3 Å². The molecule has 0 bridgehead atoms. The molecule has 3 nitrogen and oxygen atoms in total. The summed E-state index contributed by atoms with van der Waals surface area (Å²) in [4.78, 5) is 14.7. The average molecular weight is 341 g/mol. The van der Waals surface area contributed by atoms with Crippen molar-refractivity contribution in [3.63, 3.8) is 0 Å². The number of rotatable bonds is 2. The second-order valence-electron chi connectivity index (χ2n) is 5.57. The van der Waals surface area contributed by atoms with Crippen molar-refractivity contribution in [2.45, 2.75) is 37.8 Å². The Hall–Kier alpha value is -0.940. The number of benzene rings is 1. The van der Waals surface area contributed by atoms with Crippen molar-refractivity contribution in [2.75, 3.05) is 13.1 Å². The molecule has 2 heterocycles. The lowest BCUT2D eigenvalue weighted by molar-refractivity contribution is 0.0911. The molecule has 20 heavy (non-hydrogen) atoms. The van der Waals surface area contributed by atoms with Gasteiger partial charge in [-0.05, 0) is 53.9 Å². The van der Waals surface area contributed by atoms with E-state index >= 15 is 0 Å². The zero-order chi connectivity index (χ0) is 14.1. The molecule has 2 aliphatic rings. The Morgan fingerprint density at radius 3 is 3.00 bits per heavy atom. The first kappa shape index (κ1) is 14.0. The molecular weight excluding hydrogens is 323 g/mol. The minimum absolute atomic E-state index is 0.119. The average Bonchev–Trinajstić information content (AvgIpc) is 2.85. The van der Waals surface area contributed by atoms with E-state index in [-0.39, 0.29) is 17.5 Å². The number of carbonyl (C=O) groups is 1. The maximum atomic E-state index is 13.9. The second-order valence-corrected chi connectivity index (χ2v) is 6.42. The van der Waals surface area contributed by atoms with E-state index in [4.69, 9.17) is 0 Å². The summed E-state index contributed by atoms with van der Waals surface area (Å²) >= 11 is 3.12. The van der Waals surface area contributed by atoms with Crippen LogP contribution in [0.4, 0.5) is 4.39 Å². The van der Waals surface area contributed by atoms with Gasteiger partial charge >= 0.3 is 0 Å². The molecule has 2 saturated heterocycles. The Bertz CT molecular complexity index is 523. The highest BCUT2D eigenvalue weighted by molar-refractivity contribution is 9.10. The highest BCUT2D eigenvalue weighted by Crippen LogP contribution is 2.27. The lowest BCUT2D eigenvalue weighted by Crippen LogP contribution is -2.46. The number of nitrogens with one attached hydrogen (secondary N) is 1. The van der Waals surface area contributed by atoms with Crippen LogP contribution < -0.4 is 5.32 Å². The summed E-state index contributed by atoms with van der Waals surface area (Å²) in [6.07, 6.45) is 4.56. The van der Waals surface area contributed by atoms with E-state index in [1.807, 2.05) is 0 Å². The van der Waals surface area contributed by atoms with Crippen LogP contribution in [0.15, 0.2) is 22.7 Å². The smallest absolute Gasteiger partial charge is 0.254 e. The van der Waals surface area contributed by atoms with Crippen molar-refractivity contribution in [3.05, 3.63) is 34.1 Å². The zero-order valence-corrected chi connectivity index (χ0v) is 12.8. The summed E-state index contributed by atoms with van der Waals surface area (Å²) in [6, 6.07) is 5.40. The van der Waals surface area contributed by atoms with E-state index in [0.717, 1.165) is 25.9 Å². The Balaban J connectivity index is 1.71. The molecule has 2 unspecified atom stereocenters. The summed E-state index contributed by atoms with van der Waals surface area (Å²) in [5.41, 5.74) is 0.119. The maximum Gasteiger partial charge on any atom is 0.254 e. The summed E-state index contributed by atoms with van der Waals surface area (Å²) in [6.45, 7) is 2.17. The number of hydrogen-bond acceptors (Lipinski definition) is 2. The molecular formula is C15H18BrFN2O. The van der Waals surface area contributed by atoms with Gasteiger partial charge in [0.1, 0.15) is 5.82 Å². The van der Waals surface area contributed by atoms with Crippen LogP contribution in [0, 0.1) is 5.82 Å². The number of carbonyl (C=O) groups excluding carboxylic acids is 1. The van der Waals surface area contributed by atoms with Crippen molar-refractivity contribution in [1.29, 1.82) is 0 Å². The third-order valence-corrected chi connectivity index (χ3v) is 4.98. The van der Waals surface area contributed by atoms with Crippen LogP contribution in [-0.2, 0) is 0 Å². The van der Waals surface area contributed by atoms with E-state index in [1.165, 1.54) is 18.9 Å². The van der Waals surface area contributed by atoms with Gasteiger partial charge in [0.05, 0.1) is 10.0 Å². The van der Waals surface area contributed by atoms with Gasteiger partial charge in [-0.2, -0.15) is 0 Å². The van der Waals surface area contributed by atoms with Crippen LogP contribution in [0.25, 0.3) is 0 Å². The third-order valence-electron chi connectivity index (χ3n) is 4.37. The fraction of sp³-hybridized carbons (Fsp3) is 0.533. The van der Waals surface area contributed by atoms with Gasteiger partial charge < -0.3 is 5.32 Å². The molecule has 1 aromatic rings. The molecule has 2 atom stereocenters. The fourth-order valence-electron chi connectivity index (χ4n) is 3.34. The summed E-state index contributed by atoms with van der Waals surface area (Å²) in [5.74, 6) is -0.787. The minimum atomic E-state index is -0.483. The predicted octanol–water partition coefficient (Wildman–Crippen LogP) is 2.94. The van der Waals surface area contributed by atoms with Gasteiger partial charge in [0.15, 0.2) is 0 Å². The molecule has 5 heteroatoms. The standard InChI is InChI=1S/C15H18BrFN2O/c16-11-5-3-4-10(14(11)17)15(20)18-12-7-9-19-8-2-1-6-13(12)19/h3-5,12-13H,1-2,6-9H2,(H,18,20). The van der Waals surface area contributed by atoms with Gasteiger partial charge in [0.25, 0.3) is 5.91 Å². The van der Waals surface area contributed by atoms with Crippen molar-refractivity contribution in [3.8, 4) is 0 Å². The molecule has 1 amide bonds. The molecule has 1 N–H and O–H groups in total. The largest absolute Gasteiger partial charge is 0.348 e. The second kappa shape index (κ2) is 5.82. The third kappa shape index (κ3) is 2.61. The van der Waals surface area contributed by atoms with Gasteiger partial charge in [-0.1, -0.05) is 12.5 Å². The predicted molar refractivity (Wildman–Crippen MR) is 79.2 cm³/mol. The maximum absolute atomic E-state index is 13.9. The van der Waals surface area contributed by atoms with Gasteiger partial charge in [-0.3, -0.25) is 9.69 Å². The van der Waals surface area contributed by atoms with Crippen LogP contribution in [0.3, 0.4) is 0 Å². The number of piperidine rings is 1. The van der Waals surface area contributed by atoms with Crippen molar-refractivity contribution >= 4 is 21.8 Å². The quantitative estimate of drug-likeness (QED) is 0.897. The molecule has 0 aromatic heterocycles. The zero-order valence-electron chi connectivity index (χ0n) is 11.2. The number of fused-ring (bicyclic) bond motifs is 1. The molecule has 0 saturated carbocycles. The minimum Gasteiger partial charge on any atom is -0.348 e. The Morgan fingerprint density at radius 2 is 2.15 bits per heavy atom. The molecule has 2 aliphatic heterocycles. The van der Waals surface area contributed by atoms with Crippen molar-refractivity contribution < 1.29 is 9.18 Å². The number of hydrogen-bond donors (Lipinski definition) is 1. The van der Waals surface area contributed by atoms with Crippen LogP contribution in [-0.4, -0.2) is 36.0 Å². The first-order valence-corrected chi connectivity index (χ1v) is 7.95. The lowest BCUT2D eigenvalue weighted by atomic mass is 9.99. The molecule has 0 aliphatic carbocycles. The fourth-order valence-corrected chi connectivity index (χ4v) is 3.71. The van der Waals surface area contributed by atoms with E-state index in [1.54, 1.807) is 12.1 Å². The van der Waals surface area contributed by atoms with Gasteiger partial charge in [0.2, 0.25) is 0 Å². The van der Waals surface area contributed by atoms with Crippen LogP contribution in [0.5, 0.6) is 0 Å². The molecule has 2 fully saturated rings. The summed E-state index contributed by atoms with van der Waals surface area (Å²) in [7, 11) is 0. The van der Waals surface area contributed by atoms with Crippen molar-refractivity contribution in [2.24, 2.45) is 0 Å². The lowest BCUT2D eigenvalue weighted by Gasteiger charge is -2.32. The monoisotopic (exact) mass is 340 g/mol. The summed E-state index contributed by atoms with van der Waals surface area (Å²) < 4.78 is 14.3. The highest BCUT2D eigenvalue weighted by atomic mass is 79.9. The van der Waals surface area contributed by atoms with Gasteiger partial charge in [-0.15, -0.1) is 0 Å². The van der Waals surface area contributed by atoms with E-state index in [2.05, 4.69) is 26.1 Å². The van der Waals surface area contributed by atoms with Crippen LogP contribution in [0.1, 0.15) is 36.0 Å². The first-order chi connectivity index (χ1) is 9.66. The normalized spacial score (nSPS) is 26.3.